The number of alkyl halides is 3. The number of aromatic nitrogens is 3. The number of nitrogens with one attached hydrogen (secondary N) is 1. The van der Waals surface area contributed by atoms with Gasteiger partial charge in [0.2, 0.25) is 0 Å². The minimum Gasteiger partial charge on any atom is -0.382 e. The summed E-state index contributed by atoms with van der Waals surface area (Å²) < 4.78 is 38.1. The molecule has 0 aliphatic rings. The zero-order chi connectivity index (χ0) is 13.3. The van der Waals surface area contributed by atoms with E-state index in [1.165, 1.54) is 24.5 Å². The smallest absolute Gasteiger partial charge is 0.382 e. The number of hydrogen-bond donors (Lipinski definition) is 2. The first-order valence-electron chi connectivity index (χ1n) is 4.81. The number of nitrogens with two attached hydrogens (primary N) is 1. The van der Waals surface area contributed by atoms with Crippen LogP contribution in [0.5, 0.6) is 0 Å². The van der Waals surface area contributed by atoms with Gasteiger partial charge in [0.1, 0.15) is 11.5 Å². The molecule has 0 aliphatic carbocycles. The van der Waals surface area contributed by atoms with Crippen molar-refractivity contribution >= 4 is 5.84 Å². The van der Waals surface area contributed by atoms with Crippen molar-refractivity contribution in [2.75, 3.05) is 0 Å². The lowest BCUT2D eigenvalue weighted by Crippen LogP contribution is -2.13. The lowest BCUT2D eigenvalue weighted by Gasteiger charge is -2.03. The standard InChI is InChI=1S/C10H8F3N5/c11-10(12,13)8-3-4-18(17-8)6-1-2-7(9(14)15)16-5-6/h1-5H,(H3,14,15). The molecule has 2 heterocycles. The molecule has 2 aromatic heterocycles. The van der Waals surface area contributed by atoms with Crippen LogP contribution in [0.3, 0.4) is 0 Å². The Hall–Kier alpha value is -2.38. The summed E-state index contributed by atoms with van der Waals surface area (Å²) in [6.07, 6.45) is -1.99. The van der Waals surface area contributed by atoms with E-state index in [1.807, 2.05) is 0 Å². The molecule has 0 unspecified atom stereocenters. The molecular weight excluding hydrogens is 247 g/mol. The Morgan fingerprint density at radius 3 is 2.44 bits per heavy atom. The third-order valence-corrected chi connectivity index (χ3v) is 2.17. The van der Waals surface area contributed by atoms with E-state index in [-0.39, 0.29) is 11.5 Å². The highest BCUT2D eigenvalue weighted by molar-refractivity contribution is 5.92. The fraction of sp³-hybridized carbons (Fsp3) is 0.100. The second kappa shape index (κ2) is 4.13. The Kier molecular flexibility index (Phi) is 2.77. The van der Waals surface area contributed by atoms with Gasteiger partial charge in [-0.1, -0.05) is 0 Å². The first-order valence-corrected chi connectivity index (χ1v) is 4.81. The summed E-state index contributed by atoms with van der Waals surface area (Å²) in [5.41, 5.74) is 4.85. The van der Waals surface area contributed by atoms with Crippen molar-refractivity contribution in [2.45, 2.75) is 6.18 Å². The summed E-state index contributed by atoms with van der Waals surface area (Å²) in [5.74, 6) is -0.210. The summed E-state index contributed by atoms with van der Waals surface area (Å²) in [7, 11) is 0. The van der Waals surface area contributed by atoms with Crippen molar-refractivity contribution in [3.63, 3.8) is 0 Å². The first kappa shape index (κ1) is 12.1. The van der Waals surface area contributed by atoms with Crippen molar-refractivity contribution < 1.29 is 13.2 Å². The summed E-state index contributed by atoms with van der Waals surface area (Å²) in [5, 5.41) is 10.5. The van der Waals surface area contributed by atoms with E-state index in [9.17, 15) is 13.2 Å². The van der Waals surface area contributed by atoms with Gasteiger partial charge in [0.05, 0.1) is 11.9 Å². The molecule has 2 aromatic rings. The minimum atomic E-state index is -4.47. The molecule has 3 N–H and O–H groups in total. The van der Waals surface area contributed by atoms with Crippen LogP contribution in [0.2, 0.25) is 0 Å². The zero-order valence-corrected chi connectivity index (χ0v) is 8.94. The van der Waals surface area contributed by atoms with E-state index in [2.05, 4.69) is 10.1 Å². The van der Waals surface area contributed by atoms with Gasteiger partial charge >= 0.3 is 6.18 Å². The van der Waals surface area contributed by atoms with Crippen LogP contribution < -0.4 is 5.73 Å². The average molecular weight is 255 g/mol. The van der Waals surface area contributed by atoms with Crippen LogP contribution >= 0.6 is 0 Å². The molecule has 0 bridgehead atoms. The highest BCUT2D eigenvalue weighted by Crippen LogP contribution is 2.27. The quantitative estimate of drug-likeness (QED) is 0.631. The van der Waals surface area contributed by atoms with Crippen molar-refractivity contribution in [2.24, 2.45) is 5.73 Å². The van der Waals surface area contributed by atoms with Crippen molar-refractivity contribution in [1.82, 2.24) is 14.8 Å². The molecule has 8 heteroatoms. The third-order valence-electron chi connectivity index (χ3n) is 2.17. The number of nitrogen functional groups attached to an aromatic ring is 1. The highest BCUT2D eigenvalue weighted by atomic mass is 19.4. The molecule has 0 radical (unpaired) electrons. The Balaban J connectivity index is 2.32. The average Bonchev–Trinajstić information content (AvgIpc) is 2.78. The summed E-state index contributed by atoms with van der Waals surface area (Å²) in [4.78, 5) is 3.83. The Bertz CT molecular complexity index is 570. The molecule has 0 saturated heterocycles. The van der Waals surface area contributed by atoms with Crippen LogP contribution in [0.25, 0.3) is 5.69 Å². The van der Waals surface area contributed by atoms with E-state index in [0.717, 1.165) is 10.7 Å². The summed E-state index contributed by atoms with van der Waals surface area (Å²) >= 11 is 0. The number of rotatable bonds is 2. The lowest BCUT2D eigenvalue weighted by atomic mass is 10.3. The maximum atomic E-state index is 12.4. The van der Waals surface area contributed by atoms with Gasteiger partial charge in [0.15, 0.2) is 5.69 Å². The maximum absolute atomic E-state index is 12.4. The van der Waals surface area contributed by atoms with E-state index >= 15 is 0 Å². The molecule has 0 spiro atoms. The number of amidine groups is 1. The van der Waals surface area contributed by atoms with Crippen molar-refractivity contribution in [3.05, 3.63) is 42.0 Å². The molecule has 0 atom stereocenters. The van der Waals surface area contributed by atoms with Crippen LogP contribution in [-0.2, 0) is 6.18 Å². The van der Waals surface area contributed by atoms with Gasteiger partial charge < -0.3 is 5.73 Å². The van der Waals surface area contributed by atoms with Gasteiger partial charge in [-0.05, 0) is 18.2 Å². The third kappa shape index (κ3) is 2.31. The second-order valence-corrected chi connectivity index (χ2v) is 3.46. The fourth-order valence-electron chi connectivity index (χ4n) is 1.30. The van der Waals surface area contributed by atoms with Gasteiger partial charge in [-0.2, -0.15) is 18.3 Å². The Morgan fingerprint density at radius 2 is 2.00 bits per heavy atom. The highest BCUT2D eigenvalue weighted by Gasteiger charge is 2.33. The van der Waals surface area contributed by atoms with E-state index in [0.29, 0.717) is 5.69 Å². The van der Waals surface area contributed by atoms with Crippen LogP contribution in [0.1, 0.15) is 11.4 Å². The minimum absolute atomic E-state index is 0.210. The van der Waals surface area contributed by atoms with Crippen LogP contribution in [0.15, 0.2) is 30.6 Å². The normalized spacial score (nSPS) is 11.5. The predicted molar refractivity (Wildman–Crippen MR) is 57.4 cm³/mol. The maximum Gasteiger partial charge on any atom is 0.435 e. The molecular formula is C10H8F3N5. The molecule has 0 fully saturated rings. The lowest BCUT2D eigenvalue weighted by molar-refractivity contribution is -0.141. The second-order valence-electron chi connectivity index (χ2n) is 3.46. The molecule has 0 aliphatic heterocycles. The van der Waals surface area contributed by atoms with E-state index in [1.54, 1.807) is 0 Å². The van der Waals surface area contributed by atoms with Crippen LogP contribution in [-0.4, -0.2) is 20.6 Å². The largest absolute Gasteiger partial charge is 0.435 e. The fourth-order valence-corrected chi connectivity index (χ4v) is 1.30. The van der Waals surface area contributed by atoms with E-state index in [4.69, 9.17) is 11.1 Å². The zero-order valence-electron chi connectivity index (χ0n) is 8.94. The van der Waals surface area contributed by atoms with Gasteiger partial charge in [0, 0.05) is 6.20 Å². The number of pyridine rings is 1. The molecule has 0 amide bonds. The predicted octanol–water partition coefficient (Wildman–Crippen LogP) is 1.57. The van der Waals surface area contributed by atoms with Gasteiger partial charge in [0.25, 0.3) is 0 Å². The summed E-state index contributed by atoms with van der Waals surface area (Å²) in [6, 6.07) is 3.79. The molecule has 18 heavy (non-hydrogen) atoms. The molecule has 2 rings (SSSR count). The summed E-state index contributed by atoms with van der Waals surface area (Å²) in [6.45, 7) is 0. The molecule has 94 valence electrons. The van der Waals surface area contributed by atoms with Crippen molar-refractivity contribution in [1.29, 1.82) is 5.41 Å². The molecule has 0 saturated carbocycles. The first-order chi connectivity index (χ1) is 8.38. The SMILES string of the molecule is N=C(N)c1ccc(-n2ccc(C(F)(F)F)n2)cn1. The number of hydrogen-bond acceptors (Lipinski definition) is 3. The molecule has 0 aromatic carbocycles. The monoisotopic (exact) mass is 255 g/mol. The van der Waals surface area contributed by atoms with Crippen molar-refractivity contribution in [3.8, 4) is 5.69 Å². The molecule has 5 nitrogen and oxygen atoms in total. The van der Waals surface area contributed by atoms with Crippen LogP contribution in [0, 0.1) is 5.41 Å². The topological polar surface area (TPSA) is 80.6 Å². The Labute approximate surface area is 99.6 Å². The number of nitrogens with zero attached hydrogens (tertiary/aromatic N) is 3. The van der Waals surface area contributed by atoms with E-state index < -0.39 is 11.9 Å². The van der Waals surface area contributed by atoms with Crippen LogP contribution in [0.4, 0.5) is 13.2 Å². The number of halogens is 3. The Morgan fingerprint density at radius 1 is 1.28 bits per heavy atom. The van der Waals surface area contributed by atoms with Gasteiger partial charge in [-0.15, -0.1) is 0 Å². The van der Waals surface area contributed by atoms with Gasteiger partial charge in [-0.25, -0.2) is 4.68 Å². The van der Waals surface area contributed by atoms with Gasteiger partial charge in [-0.3, -0.25) is 10.4 Å².